The summed E-state index contributed by atoms with van der Waals surface area (Å²) in [7, 11) is 0. The quantitative estimate of drug-likeness (QED) is 0.517. The number of carboxylic acid groups (broad SMARTS) is 1. The van der Waals surface area contributed by atoms with Crippen molar-refractivity contribution in [3.63, 3.8) is 0 Å². The lowest BCUT2D eigenvalue weighted by molar-refractivity contribution is -0.139. The maximum absolute atomic E-state index is 12.9. The Kier molecular flexibility index (Phi) is 6.75. The monoisotopic (exact) mass is 476 g/mol. The van der Waals surface area contributed by atoms with Crippen LogP contribution in [0.15, 0.2) is 48.5 Å². The number of nitrogens with one attached hydrogen (secondary N) is 2. The van der Waals surface area contributed by atoms with Gasteiger partial charge in [-0.25, -0.2) is 4.79 Å². The summed E-state index contributed by atoms with van der Waals surface area (Å²) in [6.07, 6.45) is 4.45. The lowest BCUT2D eigenvalue weighted by Gasteiger charge is -2.25. The van der Waals surface area contributed by atoms with Crippen LogP contribution in [0.5, 0.6) is 0 Å². The number of fused-ring (bicyclic) bond motifs is 3. The van der Waals surface area contributed by atoms with Crippen LogP contribution < -0.4 is 10.6 Å². The molecular weight excluding hydrogens is 444 g/mol. The zero-order valence-electron chi connectivity index (χ0n) is 19.7. The van der Waals surface area contributed by atoms with Gasteiger partial charge in [-0.15, -0.1) is 0 Å². The molecule has 0 radical (unpaired) electrons. The molecule has 3 aliphatic rings. The maximum atomic E-state index is 12.9. The molecule has 2 saturated carbocycles. The van der Waals surface area contributed by atoms with Gasteiger partial charge in [0, 0.05) is 18.5 Å². The van der Waals surface area contributed by atoms with Crippen molar-refractivity contribution in [2.45, 2.75) is 50.5 Å². The Balaban J connectivity index is 1.19. The summed E-state index contributed by atoms with van der Waals surface area (Å²) in [5.74, 6) is -1.59. The first-order valence-corrected chi connectivity index (χ1v) is 12.6. The number of benzene rings is 2. The van der Waals surface area contributed by atoms with E-state index in [1.165, 1.54) is 11.1 Å². The van der Waals surface area contributed by atoms with Gasteiger partial charge in [-0.05, 0) is 47.4 Å². The van der Waals surface area contributed by atoms with Crippen LogP contribution in [-0.2, 0) is 14.3 Å². The molecule has 3 aliphatic carbocycles. The van der Waals surface area contributed by atoms with Crippen LogP contribution in [0.4, 0.5) is 4.79 Å². The van der Waals surface area contributed by atoms with Crippen LogP contribution >= 0.6 is 0 Å². The highest BCUT2D eigenvalue weighted by atomic mass is 16.5. The first-order chi connectivity index (χ1) is 17.0. The molecule has 0 aliphatic heterocycles. The Morgan fingerprint density at radius 2 is 1.54 bits per heavy atom. The van der Waals surface area contributed by atoms with E-state index in [-0.39, 0.29) is 42.2 Å². The van der Waals surface area contributed by atoms with Crippen molar-refractivity contribution in [2.24, 2.45) is 17.8 Å². The van der Waals surface area contributed by atoms with E-state index in [0.717, 1.165) is 36.8 Å². The van der Waals surface area contributed by atoms with E-state index >= 15 is 0 Å². The molecule has 3 N–H and O–H groups in total. The SMILES string of the molecule is O=C(NC1CCCCCC1C(=O)NC[C@H]1C[C@H]1C(=O)O)OCC1c2ccccc2-c2ccccc21. The highest BCUT2D eigenvalue weighted by Crippen LogP contribution is 2.44. The summed E-state index contributed by atoms with van der Waals surface area (Å²) in [4.78, 5) is 36.8. The van der Waals surface area contributed by atoms with E-state index in [9.17, 15) is 14.4 Å². The van der Waals surface area contributed by atoms with Gasteiger partial charge in [-0.3, -0.25) is 9.59 Å². The Labute approximate surface area is 205 Å². The summed E-state index contributed by atoms with van der Waals surface area (Å²) in [5.41, 5.74) is 4.68. The standard InChI is InChI=1S/C28H32N2O5/c31-26(29-15-17-14-23(17)27(32)33)22-12-2-1-3-13-25(22)30-28(34)35-16-24-20-10-6-4-8-18(20)19-9-5-7-11-21(19)24/h4-11,17,22-25H,1-3,12-16H2,(H,29,31)(H,30,34)(H,32,33)/t17-,22?,23-,25?/m1/s1. The van der Waals surface area contributed by atoms with Crippen LogP contribution in [0.2, 0.25) is 0 Å². The second kappa shape index (κ2) is 10.1. The molecule has 0 spiro atoms. The molecule has 0 aromatic heterocycles. The molecule has 7 heteroatoms. The Morgan fingerprint density at radius 1 is 0.886 bits per heavy atom. The predicted molar refractivity (Wildman–Crippen MR) is 131 cm³/mol. The van der Waals surface area contributed by atoms with Gasteiger partial charge < -0.3 is 20.5 Å². The molecule has 5 rings (SSSR count). The van der Waals surface area contributed by atoms with E-state index in [2.05, 4.69) is 34.9 Å². The van der Waals surface area contributed by atoms with E-state index < -0.39 is 12.1 Å². The summed E-state index contributed by atoms with van der Waals surface area (Å²) in [6, 6.07) is 16.1. The summed E-state index contributed by atoms with van der Waals surface area (Å²) in [5, 5.41) is 15.0. The number of rotatable bonds is 7. The van der Waals surface area contributed by atoms with Crippen molar-refractivity contribution in [1.82, 2.24) is 10.6 Å². The predicted octanol–water partition coefficient (Wildman–Crippen LogP) is 4.31. The third-order valence-electron chi connectivity index (χ3n) is 7.78. The number of alkyl carbamates (subject to hydrolysis) is 1. The van der Waals surface area contributed by atoms with Gasteiger partial charge in [-0.1, -0.05) is 67.8 Å². The number of carboxylic acids is 1. The number of amides is 2. The summed E-state index contributed by atoms with van der Waals surface area (Å²) < 4.78 is 5.71. The van der Waals surface area contributed by atoms with E-state index in [0.29, 0.717) is 19.4 Å². The molecule has 7 nitrogen and oxygen atoms in total. The van der Waals surface area contributed by atoms with Crippen molar-refractivity contribution < 1.29 is 24.2 Å². The van der Waals surface area contributed by atoms with Gasteiger partial charge in [0.15, 0.2) is 0 Å². The molecule has 2 aromatic carbocycles. The van der Waals surface area contributed by atoms with Gasteiger partial charge in [-0.2, -0.15) is 0 Å². The molecule has 0 saturated heterocycles. The van der Waals surface area contributed by atoms with E-state index in [1.807, 2.05) is 24.3 Å². The Morgan fingerprint density at radius 3 is 2.20 bits per heavy atom. The fourth-order valence-electron chi connectivity index (χ4n) is 5.72. The molecule has 184 valence electrons. The van der Waals surface area contributed by atoms with Crippen molar-refractivity contribution in [1.29, 1.82) is 0 Å². The highest BCUT2D eigenvalue weighted by Gasteiger charge is 2.43. The normalized spacial score (nSPS) is 25.0. The van der Waals surface area contributed by atoms with Crippen molar-refractivity contribution in [2.75, 3.05) is 13.2 Å². The summed E-state index contributed by atoms with van der Waals surface area (Å²) in [6.45, 7) is 0.617. The van der Waals surface area contributed by atoms with Gasteiger partial charge in [0.2, 0.25) is 5.91 Å². The lowest BCUT2D eigenvalue weighted by Crippen LogP contribution is -2.47. The number of carbonyl (C=O) groups is 3. The van der Waals surface area contributed by atoms with Gasteiger partial charge in [0.1, 0.15) is 6.61 Å². The third kappa shape index (κ3) is 5.04. The fourth-order valence-corrected chi connectivity index (χ4v) is 5.72. The van der Waals surface area contributed by atoms with Crippen molar-refractivity contribution in [3.05, 3.63) is 59.7 Å². The minimum atomic E-state index is -0.798. The molecule has 35 heavy (non-hydrogen) atoms. The van der Waals surface area contributed by atoms with Crippen molar-refractivity contribution >= 4 is 18.0 Å². The molecule has 2 amide bonds. The first kappa shape index (κ1) is 23.4. The zero-order valence-corrected chi connectivity index (χ0v) is 19.7. The van der Waals surface area contributed by atoms with E-state index in [1.54, 1.807) is 0 Å². The van der Waals surface area contributed by atoms with Gasteiger partial charge >= 0.3 is 12.1 Å². The molecule has 0 bridgehead atoms. The molecule has 0 heterocycles. The van der Waals surface area contributed by atoms with Crippen LogP contribution in [0, 0.1) is 17.8 Å². The third-order valence-corrected chi connectivity index (χ3v) is 7.78. The number of carbonyl (C=O) groups excluding carboxylic acids is 2. The molecular formula is C28H32N2O5. The van der Waals surface area contributed by atoms with Gasteiger partial charge in [0.25, 0.3) is 0 Å². The first-order valence-electron chi connectivity index (χ1n) is 12.6. The smallest absolute Gasteiger partial charge is 0.407 e. The average molecular weight is 477 g/mol. The lowest BCUT2D eigenvalue weighted by atomic mass is 9.93. The van der Waals surface area contributed by atoms with E-state index in [4.69, 9.17) is 9.84 Å². The Hall–Kier alpha value is -3.35. The van der Waals surface area contributed by atoms with Crippen LogP contribution in [0.3, 0.4) is 0 Å². The molecule has 2 aromatic rings. The molecule has 2 fully saturated rings. The Bertz CT molecular complexity index is 1070. The number of ether oxygens (including phenoxy) is 1. The van der Waals surface area contributed by atoms with Crippen molar-refractivity contribution in [3.8, 4) is 11.1 Å². The highest BCUT2D eigenvalue weighted by molar-refractivity contribution is 5.81. The van der Waals surface area contributed by atoms with Crippen LogP contribution in [0.1, 0.15) is 55.6 Å². The minimum absolute atomic E-state index is 0.00997. The van der Waals surface area contributed by atoms with Crippen LogP contribution in [-0.4, -0.2) is 42.3 Å². The second-order valence-electron chi connectivity index (χ2n) is 10.0. The van der Waals surface area contributed by atoms with Gasteiger partial charge in [0.05, 0.1) is 11.8 Å². The average Bonchev–Trinajstić information content (AvgIpc) is 3.62. The molecule has 4 atom stereocenters. The topological polar surface area (TPSA) is 105 Å². The van der Waals surface area contributed by atoms with Crippen LogP contribution in [0.25, 0.3) is 11.1 Å². The number of aliphatic carboxylic acids is 1. The minimum Gasteiger partial charge on any atom is -0.481 e. The second-order valence-corrected chi connectivity index (χ2v) is 10.0. The molecule has 2 unspecified atom stereocenters. The number of hydrogen-bond acceptors (Lipinski definition) is 4. The maximum Gasteiger partial charge on any atom is 0.407 e. The zero-order chi connectivity index (χ0) is 24.4. The fraction of sp³-hybridized carbons (Fsp3) is 0.464. The number of hydrogen-bond donors (Lipinski definition) is 3. The summed E-state index contributed by atoms with van der Waals surface area (Å²) >= 11 is 0. The largest absolute Gasteiger partial charge is 0.481 e.